The summed E-state index contributed by atoms with van der Waals surface area (Å²) in [5.74, 6) is -1.99. The van der Waals surface area contributed by atoms with Crippen molar-refractivity contribution < 1.29 is 41.8 Å². The Hall–Kier alpha value is -6.16. The molecule has 1 aliphatic carbocycles. The predicted molar refractivity (Wildman–Crippen MR) is 243 cm³/mol. The molecule has 7 rings (SSSR count). The van der Waals surface area contributed by atoms with E-state index in [2.05, 4.69) is 20.7 Å². The summed E-state index contributed by atoms with van der Waals surface area (Å²) >= 11 is 0. The molecule has 4 amide bonds. The number of hydrogen-bond acceptors (Lipinski definition) is 11. The van der Waals surface area contributed by atoms with Crippen molar-refractivity contribution in [1.82, 2.24) is 25.2 Å². The third-order valence-corrected chi connectivity index (χ3v) is 13.1. The largest absolute Gasteiger partial charge is 0.497 e. The summed E-state index contributed by atoms with van der Waals surface area (Å²) in [5, 5.41) is 9.52. The van der Waals surface area contributed by atoms with Gasteiger partial charge in [-0.2, -0.15) is 0 Å². The summed E-state index contributed by atoms with van der Waals surface area (Å²) in [5.41, 5.74) is -0.0254. The topological polar surface area (TPSA) is 194 Å². The second-order valence-electron chi connectivity index (χ2n) is 18.0. The molecule has 16 heteroatoms. The van der Waals surface area contributed by atoms with Gasteiger partial charge in [0.25, 0.3) is 15.9 Å². The lowest BCUT2D eigenvalue weighted by Gasteiger charge is -2.31. The molecule has 2 aliphatic heterocycles. The number of carbonyl (C=O) groups is 4. The van der Waals surface area contributed by atoms with Gasteiger partial charge in [0, 0.05) is 42.0 Å². The van der Waals surface area contributed by atoms with Gasteiger partial charge in [-0.1, -0.05) is 74.9 Å². The molecule has 0 unspecified atom stereocenters. The Kier molecular flexibility index (Phi) is 13.5. The van der Waals surface area contributed by atoms with Crippen LogP contribution in [0.4, 0.5) is 10.5 Å². The maximum atomic E-state index is 14.8. The number of alkyl carbamates (subject to hydrolysis) is 1. The summed E-state index contributed by atoms with van der Waals surface area (Å²) in [6.07, 6.45) is 5.78. The number of amides is 4. The van der Waals surface area contributed by atoms with Crippen LogP contribution >= 0.6 is 0 Å². The Morgan fingerprint density at radius 2 is 1.72 bits per heavy atom. The number of nitrogens with zero attached hydrogens (tertiary/aromatic N) is 2. The third-order valence-electron chi connectivity index (χ3n) is 11.7. The minimum Gasteiger partial charge on any atom is -0.497 e. The lowest BCUT2D eigenvalue weighted by atomic mass is 10.0. The van der Waals surface area contributed by atoms with Gasteiger partial charge < -0.3 is 35.1 Å². The minimum absolute atomic E-state index is 0.00498. The lowest BCUT2D eigenvalue weighted by Crippen LogP contribution is -2.59. The van der Waals surface area contributed by atoms with E-state index < -0.39 is 75.0 Å². The van der Waals surface area contributed by atoms with E-state index in [0.29, 0.717) is 40.3 Å². The van der Waals surface area contributed by atoms with E-state index in [1.807, 2.05) is 54.6 Å². The molecule has 4 aromatic rings. The fourth-order valence-electron chi connectivity index (χ4n) is 8.29. The zero-order valence-corrected chi connectivity index (χ0v) is 38.0. The van der Waals surface area contributed by atoms with Crippen molar-refractivity contribution in [2.45, 2.75) is 107 Å². The molecule has 4 N–H and O–H groups in total. The molecule has 3 aromatic carbocycles. The van der Waals surface area contributed by atoms with Gasteiger partial charge in [-0.25, -0.2) is 22.9 Å². The summed E-state index contributed by atoms with van der Waals surface area (Å²) in [6.45, 7) is 9.19. The number of allylic oxidation sites excluding steroid dienone is 1. The number of benzene rings is 3. The average Bonchev–Trinajstić information content (AvgIpc) is 3.79. The zero-order chi connectivity index (χ0) is 45.8. The number of fused-ring (bicyclic) bond motifs is 3. The molecule has 0 radical (unpaired) electrons. The standard InChI is InChI=1S/C48H58N6O9S/c1-30(2)42(51-46(58)63-47(3,4)5)44(56)54-29-34(62-40-27-37(31-17-11-10-12-18-31)50-38-25-33(61-6)22-23-35(38)40)26-39(54)43(55)52-48-28-32(48)19-13-8-7-9-16-24-49-36-20-14-15-21-41(36)64(59,60)53-45(48)57/h10-15,17-23,25,27,30,32,34,39,42,49H,7-9,16,24,26,28-29H2,1-6H3,(H,51,58)(H,52,55)(H,53,57)/b19-13-/t32-,34+,39-,42+,48+/m0/s1. The van der Waals surface area contributed by atoms with E-state index in [4.69, 9.17) is 19.2 Å². The monoisotopic (exact) mass is 894 g/mol. The highest BCUT2D eigenvalue weighted by Crippen LogP contribution is 2.46. The molecule has 0 spiro atoms. The van der Waals surface area contributed by atoms with Crippen molar-refractivity contribution in [2.75, 3.05) is 25.5 Å². The first-order valence-electron chi connectivity index (χ1n) is 21.9. The summed E-state index contributed by atoms with van der Waals surface area (Å²) < 4.78 is 47.8. The maximum absolute atomic E-state index is 14.8. The van der Waals surface area contributed by atoms with Crippen LogP contribution in [0, 0.1) is 11.8 Å². The van der Waals surface area contributed by atoms with Crippen molar-refractivity contribution in [3.05, 3.63) is 91.0 Å². The van der Waals surface area contributed by atoms with Crippen molar-refractivity contribution in [3.63, 3.8) is 0 Å². The molecular weight excluding hydrogens is 837 g/mol. The molecule has 64 heavy (non-hydrogen) atoms. The quantitative estimate of drug-likeness (QED) is 0.130. The van der Waals surface area contributed by atoms with Gasteiger partial charge in [-0.3, -0.25) is 14.4 Å². The number of hydrogen-bond donors (Lipinski definition) is 4. The van der Waals surface area contributed by atoms with Crippen LogP contribution in [-0.2, 0) is 29.1 Å². The van der Waals surface area contributed by atoms with Crippen LogP contribution in [0.25, 0.3) is 22.2 Å². The number of anilines is 1. The molecule has 2 fully saturated rings. The van der Waals surface area contributed by atoms with E-state index in [1.54, 1.807) is 72.1 Å². The molecule has 5 atom stereocenters. The number of aromatic nitrogens is 1. The van der Waals surface area contributed by atoms with Crippen molar-refractivity contribution in [2.24, 2.45) is 11.8 Å². The molecule has 340 valence electrons. The van der Waals surface area contributed by atoms with E-state index in [-0.39, 0.29) is 24.3 Å². The number of methoxy groups -OCH3 is 1. The van der Waals surface area contributed by atoms with Gasteiger partial charge in [0.2, 0.25) is 11.8 Å². The van der Waals surface area contributed by atoms with Crippen LogP contribution < -0.4 is 30.1 Å². The highest BCUT2D eigenvalue weighted by Gasteiger charge is 2.62. The number of likely N-dealkylation sites (tertiary alicyclic amines) is 1. The van der Waals surface area contributed by atoms with Crippen LogP contribution in [-0.4, -0.2) is 91.6 Å². The molecule has 1 saturated heterocycles. The number of para-hydroxylation sites is 1. The fraction of sp³-hybridized carbons (Fsp3) is 0.438. The van der Waals surface area contributed by atoms with E-state index in [0.717, 1.165) is 31.2 Å². The van der Waals surface area contributed by atoms with Crippen molar-refractivity contribution >= 4 is 50.4 Å². The SMILES string of the molecule is COc1ccc2c(O[C@@H]3C[C@@H](C(=O)N[C@]45C[C@@H]4/C=C\CCCCCNc4ccccc4S(=O)(=O)NC5=O)N(C(=O)[C@H](NC(=O)OC(C)(C)C)C(C)C)C3)cc(-c3ccccc3)nc2c1. The van der Waals surface area contributed by atoms with E-state index in [9.17, 15) is 27.6 Å². The first-order valence-corrected chi connectivity index (χ1v) is 23.4. The number of sulfonamides is 1. The van der Waals surface area contributed by atoms with E-state index >= 15 is 0 Å². The highest BCUT2D eigenvalue weighted by atomic mass is 32.2. The number of carbonyl (C=O) groups excluding carboxylic acids is 4. The Labute approximate surface area is 374 Å². The molecule has 3 aliphatic rings. The normalized spacial score (nSPS) is 23.1. The summed E-state index contributed by atoms with van der Waals surface area (Å²) in [4.78, 5) is 63.2. The van der Waals surface area contributed by atoms with Gasteiger partial charge in [-0.05, 0) is 76.6 Å². The van der Waals surface area contributed by atoms with Crippen LogP contribution in [0.5, 0.6) is 11.5 Å². The average molecular weight is 895 g/mol. The van der Waals surface area contributed by atoms with Gasteiger partial charge >= 0.3 is 6.09 Å². The molecule has 0 bridgehead atoms. The smallest absolute Gasteiger partial charge is 0.408 e. The second-order valence-corrected chi connectivity index (χ2v) is 19.7. The molecule has 1 saturated carbocycles. The molecule has 1 aromatic heterocycles. The lowest BCUT2D eigenvalue weighted by molar-refractivity contribution is -0.141. The Morgan fingerprint density at radius 1 is 0.969 bits per heavy atom. The van der Waals surface area contributed by atoms with Crippen LogP contribution in [0.2, 0.25) is 0 Å². The van der Waals surface area contributed by atoms with Crippen molar-refractivity contribution in [3.8, 4) is 22.8 Å². The minimum atomic E-state index is -4.39. The van der Waals surface area contributed by atoms with Gasteiger partial charge in [-0.15, -0.1) is 0 Å². The van der Waals surface area contributed by atoms with Crippen molar-refractivity contribution in [1.29, 1.82) is 0 Å². The number of nitrogens with one attached hydrogen (secondary N) is 4. The van der Waals surface area contributed by atoms with Crippen LogP contribution in [0.1, 0.15) is 73.1 Å². The van der Waals surface area contributed by atoms with Gasteiger partial charge in [0.1, 0.15) is 45.7 Å². The van der Waals surface area contributed by atoms with Crippen LogP contribution in [0.3, 0.4) is 0 Å². The molecule has 15 nitrogen and oxygen atoms in total. The summed E-state index contributed by atoms with van der Waals surface area (Å²) in [6, 6.07) is 20.9. The Balaban J connectivity index is 1.23. The number of pyridine rings is 1. The molecular formula is C48H58N6O9S. The maximum Gasteiger partial charge on any atom is 0.408 e. The molecule has 3 heterocycles. The van der Waals surface area contributed by atoms with Gasteiger partial charge in [0.05, 0.1) is 30.6 Å². The second kappa shape index (κ2) is 18.9. The number of rotatable bonds is 9. The first kappa shape index (κ1) is 45.9. The fourth-order valence-corrected chi connectivity index (χ4v) is 9.51. The van der Waals surface area contributed by atoms with Crippen LogP contribution in [0.15, 0.2) is 95.9 Å². The first-order chi connectivity index (χ1) is 30.5. The zero-order valence-electron chi connectivity index (χ0n) is 37.2. The third kappa shape index (κ3) is 10.4. The number of ether oxygens (including phenoxy) is 3. The highest BCUT2D eigenvalue weighted by molar-refractivity contribution is 7.90. The summed E-state index contributed by atoms with van der Waals surface area (Å²) in [7, 11) is -2.82. The predicted octanol–water partition coefficient (Wildman–Crippen LogP) is 6.73. The van der Waals surface area contributed by atoms with E-state index in [1.165, 1.54) is 11.0 Å². The van der Waals surface area contributed by atoms with Gasteiger partial charge in [0.15, 0.2) is 0 Å². The Bertz CT molecular complexity index is 2530. The Morgan fingerprint density at radius 3 is 2.45 bits per heavy atom.